The van der Waals surface area contributed by atoms with Crippen molar-refractivity contribution < 1.29 is 42.4 Å². The number of carboxylic acid groups (broad SMARTS) is 1. The lowest BCUT2D eigenvalue weighted by Crippen LogP contribution is -2.44. The molecule has 0 saturated heterocycles. The van der Waals surface area contributed by atoms with Crippen LogP contribution in [0.3, 0.4) is 0 Å². The van der Waals surface area contributed by atoms with Gasteiger partial charge in [-0.25, -0.2) is 4.98 Å². The van der Waals surface area contributed by atoms with Crippen molar-refractivity contribution in [3.63, 3.8) is 0 Å². The highest BCUT2D eigenvalue weighted by Gasteiger charge is 2.39. The number of pyridine rings is 2. The number of benzene rings is 2. The van der Waals surface area contributed by atoms with Crippen molar-refractivity contribution in [1.29, 1.82) is 0 Å². The summed E-state index contributed by atoms with van der Waals surface area (Å²) >= 11 is 7.09. The quantitative estimate of drug-likeness (QED) is 0.117. The summed E-state index contributed by atoms with van der Waals surface area (Å²) in [6.07, 6.45) is -2.98. The van der Waals surface area contributed by atoms with Crippen LogP contribution in [0.2, 0.25) is 5.02 Å². The second-order valence-corrected chi connectivity index (χ2v) is 14.1. The largest absolute Gasteiger partial charge is 0.481 e. The van der Waals surface area contributed by atoms with Gasteiger partial charge in [0, 0.05) is 35.2 Å². The Morgan fingerprint density at radius 3 is 2.37 bits per heavy atom. The first-order valence-corrected chi connectivity index (χ1v) is 17.6. The number of aryl methyl sites for hydroxylation is 1. The van der Waals surface area contributed by atoms with E-state index < -0.39 is 35.3 Å². The van der Waals surface area contributed by atoms with E-state index in [9.17, 15) is 23.1 Å². The zero-order valence-corrected chi connectivity index (χ0v) is 29.9. The SMILES string of the molecule is COc1nc(-c2cccc(-c3cccc4c3CC[C@@H]4Oc3nc(OC)c(CCCC(=O)O)cc3C(F)(F)F)c2Cl)ccc1CNCC1CC(C)(O)C1. The van der Waals surface area contributed by atoms with E-state index in [1.165, 1.54) is 7.11 Å². The summed E-state index contributed by atoms with van der Waals surface area (Å²) in [6.45, 7) is 3.21. The fraction of sp³-hybridized carbons (Fsp3) is 0.410. The molecular weight excluding hydrogens is 699 g/mol. The third-order valence-electron chi connectivity index (χ3n) is 9.73. The van der Waals surface area contributed by atoms with Gasteiger partial charge < -0.3 is 29.7 Å². The number of carbonyl (C=O) groups is 1. The second kappa shape index (κ2) is 15.3. The molecule has 0 aliphatic heterocycles. The average molecular weight is 740 g/mol. The first kappa shape index (κ1) is 37.4. The highest BCUT2D eigenvalue weighted by molar-refractivity contribution is 6.36. The highest BCUT2D eigenvalue weighted by Crippen LogP contribution is 2.46. The summed E-state index contributed by atoms with van der Waals surface area (Å²) in [7, 11) is 2.87. The monoisotopic (exact) mass is 739 g/mol. The number of aromatic nitrogens is 2. The molecule has 1 saturated carbocycles. The molecule has 6 rings (SSSR count). The third kappa shape index (κ3) is 8.14. The minimum absolute atomic E-state index is 0.0395. The van der Waals surface area contributed by atoms with E-state index in [2.05, 4.69) is 10.3 Å². The lowest BCUT2D eigenvalue weighted by atomic mass is 9.72. The van der Waals surface area contributed by atoms with Crippen molar-refractivity contribution in [2.45, 2.75) is 76.3 Å². The number of aliphatic hydroxyl groups is 1. The van der Waals surface area contributed by atoms with E-state index in [4.69, 9.17) is 35.9 Å². The number of hydrogen-bond donors (Lipinski definition) is 3. The molecule has 0 radical (unpaired) electrons. The molecule has 0 spiro atoms. The summed E-state index contributed by atoms with van der Waals surface area (Å²) < 4.78 is 59.8. The van der Waals surface area contributed by atoms with Gasteiger partial charge in [0.2, 0.25) is 17.6 Å². The van der Waals surface area contributed by atoms with Crippen LogP contribution in [0.25, 0.3) is 22.4 Å². The topological polar surface area (TPSA) is 123 Å². The van der Waals surface area contributed by atoms with E-state index >= 15 is 0 Å². The molecule has 2 aliphatic rings. The lowest BCUT2D eigenvalue weighted by Gasteiger charge is -2.41. The number of nitrogens with zero attached hydrogens (tertiary/aromatic N) is 2. The Morgan fingerprint density at radius 2 is 1.67 bits per heavy atom. The minimum atomic E-state index is -4.77. The van der Waals surface area contributed by atoms with Gasteiger partial charge in [-0.1, -0.05) is 54.1 Å². The first-order chi connectivity index (χ1) is 24.8. The van der Waals surface area contributed by atoms with E-state index in [1.54, 1.807) is 7.11 Å². The van der Waals surface area contributed by atoms with Gasteiger partial charge in [0.25, 0.3) is 0 Å². The summed E-state index contributed by atoms with van der Waals surface area (Å²) in [5.41, 5.74) is 4.01. The Labute approximate surface area is 305 Å². The van der Waals surface area contributed by atoms with Gasteiger partial charge >= 0.3 is 12.1 Å². The molecule has 0 unspecified atom stereocenters. The van der Waals surface area contributed by atoms with Gasteiger partial charge in [-0.3, -0.25) is 4.79 Å². The fourth-order valence-corrected chi connectivity index (χ4v) is 7.66. The fourth-order valence-electron chi connectivity index (χ4n) is 7.33. The predicted octanol–water partition coefficient (Wildman–Crippen LogP) is 8.22. The molecule has 2 heterocycles. The van der Waals surface area contributed by atoms with Crippen molar-refractivity contribution in [2.24, 2.45) is 5.92 Å². The van der Waals surface area contributed by atoms with Crippen LogP contribution in [0.4, 0.5) is 13.2 Å². The number of fused-ring (bicyclic) bond motifs is 1. The second-order valence-electron chi connectivity index (χ2n) is 13.7. The van der Waals surface area contributed by atoms with E-state index in [0.29, 0.717) is 47.5 Å². The molecule has 3 N–H and O–H groups in total. The number of nitrogens with one attached hydrogen (secondary N) is 1. The van der Waals surface area contributed by atoms with Crippen LogP contribution in [0.15, 0.2) is 54.6 Å². The van der Waals surface area contributed by atoms with E-state index in [0.717, 1.165) is 53.3 Å². The van der Waals surface area contributed by atoms with Crippen molar-refractivity contribution in [3.05, 3.63) is 87.4 Å². The lowest BCUT2D eigenvalue weighted by molar-refractivity contribution is -0.140. The number of carboxylic acids is 1. The normalized spacial score (nSPS) is 19.5. The molecule has 2 aromatic carbocycles. The van der Waals surface area contributed by atoms with Gasteiger partial charge in [-0.2, -0.15) is 18.2 Å². The predicted molar refractivity (Wildman–Crippen MR) is 190 cm³/mol. The third-order valence-corrected chi connectivity index (χ3v) is 10.1. The number of halogens is 4. The smallest absolute Gasteiger partial charge is 0.421 e. The maximum Gasteiger partial charge on any atom is 0.421 e. The number of rotatable bonds is 14. The van der Waals surface area contributed by atoms with Gasteiger partial charge in [0.1, 0.15) is 11.7 Å². The summed E-state index contributed by atoms with van der Waals surface area (Å²) in [6, 6.07) is 16.1. The van der Waals surface area contributed by atoms with Gasteiger partial charge in [0.15, 0.2) is 0 Å². The van der Waals surface area contributed by atoms with Crippen LogP contribution < -0.4 is 19.5 Å². The zero-order chi connectivity index (χ0) is 37.2. The molecule has 1 atom stereocenters. The van der Waals surface area contributed by atoms with E-state index in [1.807, 2.05) is 55.5 Å². The summed E-state index contributed by atoms with van der Waals surface area (Å²) in [4.78, 5) is 19.9. The van der Waals surface area contributed by atoms with Crippen molar-refractivity contribution in [1.82, 2.24) is 15.3 Å². The van der Waals surface area contributed by atoms with Crippen LogP contribution in [0.5, 0.6) is 17.6 Å². The van der Waals surface area contributed by atoms with Crippen molar-refractivity contribution >= 4 is 17.6 Å². The Balaban J connectivity index is 1.24. The van der Waals surface area contributed by atoms with Gasteiger partial charge in [-0.05, 0) is 86.7 Å². The van der Waals surface area contributed by atoms with Gasteiger partial charge in [0.05, 0.1) is 30.5 Å². The van der Waals surface area contributed by atoms with Crippen molar-refractivity contribution in [2.75, 3.05) is 20.8 Å². The number of aliphatic carboxylic acids is 1. The van der Waals surface area contributed by atoms with Crippen LogP contribution in [0.1, 0.15) is 72.9 Å². The maximum atomic E-state index is 14.3. The van der Waals surface area contributed by atoms with Crippen LogP contribution >= 0.6 is 11.6 Å². The first-order valence-electron chi connectivity index (χ1n) is 17.2. The van der Waals surface area contributed by atoms with E-state index in [-0.39, 0.29) is 30.7 Å². The molecule has 276 valence electrons. The molecule has 52 heavy (non-hydrogen) atoms. The minimum Gasteiger partial charge on any atom is -0.481 e. The average Bonchev–Trinajstić information content (AvgIpc) is 3.50. The highest BCUT2D eigenvalue weighted by atomic mass is 35.5. The number of methoxy groups -OCH3 is 2. The molecule has 0 bridgehead atoms. The maximum absolute atomic E-state index is 14.3. The Bertz CT molecular complexity index is 1950. The molecular formula is C39H41ClF3N3O6. The van der Waals surface area contributed by atoms with Crippen LogP contribution in [-0.4, -0.2) is 52.5 Å². The molecule has 0 amide bonds. The van der Waals surface area contributed by atoms with Crippen LogP contribution in [0, 0.1) is 5.92 Å². The Morgan fingerprint density at radius 1 is 0.981 bits per heavy atom. The Kier molecular flexibility index (Phi) is 11.0. The number of alkyl halides is 3. The number of ether oxygens (including phenoxy) is 3. The molecule has 2 aromatic heterocycles. The molecule has 2 aliphatic carbocycles. The number of hydrogen-bond acceptors (Lipinski definition) is 8. The summed E-state index contributed by atoms with van der Waals surface area (Å²) in [5.74, 6) is -0.763. The molecule has 4 aromatic rings. The van der Waals surface area contributed by atoms with Crippen molar-refractivity contribution in [3.8, 4) is 40.0 Å². The van der Waals surface area contributed by atoms with Gasteiger partial charge in [-0.15, -0.1) is 0 Å². The zero-order valence-electron chi connectivity index (χ0n) is 29.1. The van der Waals surface area contributed by atoms with Crippen LogP contribution in [-0.2, 0) is 30.4 Å². The standard InChI is InChI=1S/C39H41ClF3N3O6/c1-38(49)18-22(19-38)20-44-21-24-13-15-31(45-36(24)51-3)29-11-6-10-28(34(29)40)25-8-5-9-27-26(25)14-16-32(27)52-37-30(39(41,42)43)17-23(35(46-37)50-2)7-4-12-33(47)48/h5-6,8-11,13,15,17,22,32,44,49H,4,7,12,14,16,18-21H2,1-3H3,(H,47,48)/t22?,32-,38?/m0/s1. The Hall–Kier alpha value is -4.39. The molecule has 1 fully saturated rings. The summed E-state index contributed by atoms with van der Waals surface area (Å²) in [5, 5.41) is 22.9. The molecule has 13 heteroatoms. The molecule has 9 nitrogen and oxygen atoms in total.